The van der Waals surface area contributed by atoms with Gasteiger partial charge in [0, 0.05) is 6.08 Å². The van der Waals surface area contributed by atoms with Crippen molar-refractivity contribution in [2.75, 3.05) is 0 Å². The van der Waals surface area contributed by atoms with E-state index in [1.165, 1.54) is 21.6 Å². The van der Waals surface area contributed by atoms with Gasteiger partial charge in [0.15, 0.2) is 8.07 Å². The predicted molar refractivity (Wildman–Crippen MR) is 101 cm³/mol. The number of hydrogen-bond acceptors (Lipinski definition) is 1. The van der Waals surface area contributed by atoms with Crippen LogP contribution in [-0.2, 0) is 4.79 Å². The summed E-state index contributed by atoms with van der Waals surface area (Å²) in [6, 6.07) is 30.6. The van der Waals surface area contributed by atoms with Gasteiger partial charge >= 0.3 is 5.97 Å². The van der Waals surface area contributed by atoms with E-state index in [1.807, 2.05) is 60.3 Å². The second-order valence-corrected chi connectivity index (χ2v) is 9.26. The molecule has 118 valence electrons. The number of rotatable bonds is 5. The molecule has 24 heavy (non-hydrogen) atoms. The van der Waals surface area contributed by atoms with Crippen molar-refractivity contribution in [1.29, 1.82) is 0 Å². The zero-order chi connectivity index (χ0) is 16.8. The van der Waals surface area contributed by atoms with Crippen molar-refractivity contribution in [1.82, 2.24) is 0 Å². The molecule has 1 N–H and O–H groups in total. The molecule has 0 saturated heterocycles. The Morgan fingerprint density at radius 1 is 0.667 bits per heavy atom. The first-order valence-electron chi connectivity index (χ1n) is 7.82. The highest BCUT2D eigenvalue weighted by atomic mass is 28.3. The third kappa shape index (κ3) is 3.07. The molecule has 0 aliphatic heterocycles. The Bertz CT molecular complexity index is 731. The standard InChI is InChI=1S/C21H18O2Si/c22-21(23)16-17-24(18-10-4-1-5-11-18,19-12-6-2-7-13-19)20-14-8-3-9-15-20/h1-17H,(H,22,23). The molecule has 0 saturated carbocycles. The summed E-state index contributed by atoms with van der Waals surface area (Å²) in [5.74, 6) is -0.922. The van der Waals surface area contributed by atoms with E-state index in [0.717, 1.165) is 0 Å². The number of aliphatic carboxylic acids is 1. The Labute approximate surface area is 142 Å². The molecule has 0 spiro atoms. The second-order valence-electron chi connectivity index (χ2n) is 5.58. The van der Waals surface area contributed by atoms with Crippen LogP contribution in [0.1, 0.15) is 0 Å². The Morgan fingerprint density at radius 2 is 1.00 bits per heavy atom. The first-order chi connectivity index (χ1) is 11.7. The molecule has 2 nitrogen and oxygen atoms in total. The summed E-state index contributed by atoms with van der Waals surface area (Å²) in [6.45, 7) is 0. The van der Waals surface area contributed by atoms with Gasteiger partial charge < -0.3 is 5.11 Å². The van der Waals surface area contributed by atoms with E-state index in [9.17, 15) is 9.90 Å². The van der Waals surface area contributed by atoms with Gasteiger partial charge in [0.05, 0.1) is 0 Å². The van der Waals surface area contributed by atoms with Gasteiger partial charge in [0.1, 0.15) is 0 Å². The molecular weight excluding hydrogens is 312 g/mol. The van der Waals surface area contributed by atoms with Crippen LogP contribution in [0.25, 0.3) is 0 Å². The average Bonchev–Trinajstić information content (AvgIpc) is 2.65. The quantitative estimate of drug-likeness (QED) is 0.443. The third-order valence-corrected chi connectivity index (χ3v) is 8.56. The average molecular weight is 330 g/mol. The molecule has 0 fully saturated rings. The largest absolute Gasteiger partial charge is 0.478 e. The lowest BCUT2D eigenvalue weighted by atomic mass is 10.3. The van der Waals surface area contributed by atoms with E-state index in [1.54, 1.807) is 0 Å². The van der Waals surface area contributed by atoms with Crippen LogP contribution in [0.2, 0.25) is 0 Å². The van der Waals surface area contributed by atoms with Gasteiger partial charge in [0.25, 0.3) is 0 Å². The van der Waals surface area contributed by atoms with Crippen molar-refractivity contribution in [3.63, 3.8) is 0 Å². The Kier molecular flexibility index (Phi) is 4.73. The number of carboxylic acid groups (broad SMARTS) is 1. The number of hydrogen-bond donors (Lipinski definition) is 1. The maximum absolute atomic E-state index is 11.3. The van der Waals surface area contributed by atoms with Gasteiger partial charge in [-0.2, -0.15) is 0 Å². The Morgan fingerprint density at radius 3 is 1.29 bits per heavy atom. The molecule has 0 atom stereocenters. The summed E-state index contributed by atoms with van der Waals surface area (Å²) < 4.78 is 0. The molecule has 0 radical (unpaired) electrons. The molecule has 0 amide bonds. The van der Waals surface area contributed by atoms with Gasteiger partial charge in [-0.15, -0.1) is 0 Å². The van der Waals surface area contributed by atoms with Crippen LogP contribution in [0.5, 0.6) is 0 Å². The molecule has 3 heteroatoms. The lowest BCUT2D eigenvalue weighted by Crippen LogP contribution is -2.66. The van der Waals surface area contributed by atoms with Crippen LogP contribution < -0.4 is 15.6 Å². The molecule has 3 aromatic carbocycles. The second kappa shape index (κ2) is 7.11. The van der Waals surface area contributed by atoms with Gasteiger partial charge in [-0.05, 0) is 15.6 Å². The maximum atomic E-state index is 11.3. The zero-order valence-corrected chi connectivity index (χ0v) is 14.2. The normalized spacial score (nSPS) is 11.5. The maximum Gasteiger partial charge on any atom is 0.327 e. The molecule has 0 aliphatic carbocycles. The van der Waals surface area contributed by atoms with Crippen LogP contribution in [0, 0.1) is 0 Å². The van der Waals surface area contributed by atoms with Crippen LogP contribution >= 0.6 is 0 Å². The first kappa shape index (κ1) is 16.0. The smallest absolute Gasteiger partial charge is 0.327 e. The van der Waals surface area contributed by atoms with Crippen LogP contribution in [-0.4, -0.2) is 19.1 Å². The van der Waals surface area contributed by atoms with Crippen LogP contribution in [0.15, 0.2) is 103 Å². The number of carbonyl (C=O) groups is 1. The minimum absolute atomic E-state index is 0.922. The monoisotopic (exact) mass is 330 g/mol. The van der Waals surface area contributed by atoms with E-state index >= 15 is 0 Å². The summed E-state index contributed by atoms with van der Waals surface area (Å²) in [5.41, 5.74) is 1.91. The number of carboxylic acids is 1. The highest BCUT2D eigenvalue weighted by molar-refractivity contribution is 7.14. The Hall–Kier alpha value is -2.91. The summed E-state index contributed by atoms with van der Waals surface area (Å²) >= 11 is 0. The summed E-state index contributed by atoms with van der Waals surface area (Å²) in [6.07, 6.45) is 1.29. The van der Waals surface area contributed by atoms with E-state index in [0.29, 0.717) is 0 Å². The highest BCUT2D eigenvalue weighted by Gasteiger charge is 2.36. The Balaban J connectivity index is 2.35. The molecular formula is C21H18O2Si. The first-order valence-corrected chi connectivity index (χ1v) is 9.90. The topological polar surface area (TPSA) is 37.3 Å². The van der Waals surface area contributed by atoms with E-state index < -0.39 is 14.0 Å². The molecule has 3 aromatic rings. The molecule has 0 aromatic heterocycles. The summed E-state index contributed by atoms with van der Waals surface area (Å²) in [5, 5.41) is 12.8. The van der Waals surface area contributed by atoms with Gasteiger partial charge in [-0.3, -0.25) is 0 Å². The molecule has 0 unspecified atom stereocenters. The van der Waals surface area contributed by atoms with E-state index in [2.05, 4.69) is 36.4 Å². The predicted octanol–water partition coefficient (Wildman–Crippen LogP) is 2.34. The lowest BCUT2D eigenvalue weighted by Gasteiger charge is -2.30. The molecule has 0 heterocycles. The minimum atomic E-state index is -2.55. The SMILES string of the molecule is O=C(O)C=C[Si](c1ccccc1)(c1ccccc1)c1ccccc1. The van der Waals surface area contributed by atoms with Crippen LogP contribution in [0.3, 0.4) is 0 Å². The number of benzene rings is 3. The summed E-state index contributed by atoms with van der Waals surface area (Å²) in [4.78, 5) is 11.3. The van der Waals surface area contributed by atoms with Crippen molar-refractivity contribution in [2.45, 2.75) is 0 Å². The molecule has 3 rings (SSSR count). The van der Waals surface area contributed by atoms with E-state index in [4.69, 9.17) is 0 Å². The van der Waals surface area contributed by atoms with Gasteiger partial charge in [0.2, 0.25) is 0 Å². The van der Waals surface area contributed by atoms with Gasteiger partial charge in [-0.1, -0.05) is 96.7 Å². The van der Waals surface area contributed by atoms with Crippen LogP contribution in [0.4, 0.5) is 0 Å². The van der Waals surface area contributed by atoms with E-state index in [-0.39, 0.29) is 0 Å². The fourth-order valence-electron chi connectivity index (χ4n) is 3.09. The minimum Gasteiger partial charge on any atom is -0.478 e. The van der Waals surface area contributed by atoms with Crippen molar-refractivity contribution in [2.24, 2.45) is 0 Å². The fourth-order valence-corrected chi connectivity index (χ4v) is 7.21. The molecule has 0 bridgehead atoms. The van der Waals surface area contributed by atoms with Crippen molar-refractivity contribution in [3.8, 4) is 0 Å². The molecule has 0 aliphatic rings. The third-order valence-electron chi connectivity index (χ3n) is 4.16. The highest BCUT2D eigenvalue weighted by Crippen LogP contribution is 2.09. The van der Waals surface area contributed by atoms with Crippen molar-refractivity contribution in [3.05, 3.63) is 103 Å². The summed E-state index contributed by atoms with van der Waals surface area (Å²) in [7, 11) is -2.55. The van der Waals surface area contributed by atoms with Crippen molar-refractivity contribution < 1.29 is 9.90 Å². The lowest BCUT2D eigenvalue weighted by molar-refractivity contribution is -0.131. The fraction of sp³-hybridized carbons (Fsp3) is 0. The zero-order valence-electron chi connectivity index (χ0n) is 13.2. The van der Waals surface area contributed by atoms with Crippen molar-refractivity contribution >= 4 is 29.6 Å². The van der Waals surface area contributed by atoms with Gasteiger partial charge in [-0.25, -0.2) is 4.79 Å².